The van der Waals surface area contributed by atoms with Gasteiger partial charge in [0.2, 0.25) is 0 Å². The van der Waals surface area contributed by atoms with E-state index in [-0.39, 0.29) is 0 Å². The average molecular weight is 278 g/mol. The molecule has 0 radical (unpaired) electrons. The second-order valence-electron chi connectivity index (χ2n) is 5.36. The molecule has 1 saturated carbocycles. The van der Waals surface area contributed by atoms with Crippen LogP contribution >= 0.6 is 0 Å². The van der Waals surface area contributed by atoms with Crippen LogP contribution in [0.5, 0.6) is 0 Å². The summed E-state index contributed by atoms with van der Waals surface area (Å²) in [6, 6.07) is 11.0. The van der Waals surface area contributed by atoms with Crippen LogP contribution in [0.15, 0.2) is 42.6 Å². The topological polar surface area (TPSA) is 73.8 Å². The molecule has 0 atom stereocenters. The molecule has 2 aromatic heterocycles. The molecule has 21 heavy (non-hydrogen) atoms. The minimum atomic E-state index is -0.575. The van der Waals surface area contributed by atoms with Crippen LogP contribution in [-0.4, -0.2) is 20.8 Å². The average Bonchev–Trinajstić information content (AvgIpc) is 3.27. The Hall–Kier alpha value is -2.69. The lowest BCUT2D eigenvalue weighted by molar-refractivity contribution is 0.248. The summed E-state index contributed by atoms with van der Waals surface area (Å²) < 4.78 is 1.25. The van der Waals surface area contributed by atoms with E-state index in [1.165, 1.54) is 17.5 Å². The maximum atomic E-state index is 11.6. The van der Waals surface area contributed by atoms with Crippen molar-refractivity contribution in [2.45, 2.75) is 18.8 Å². The minimum absolute atomic E-state index is 0.575. The second-order valence-corrected chi connectivity index (χ2v) is 5.36. The quantitative estimate of drug-likeness (QED) is 0.783. The molecule has 1 aliphatic carbocycles. The van der Waals surface area contributed by atoms with Gasteiger partial charge in [0.05, 0.1) is 5.52 Å². The highest BCUT2D eigenvalue weighted by molar-refractivity contribution is 5.98. The van der Waals surface area contributed by atoms with E-state index in [9.17, 15) is 4.79 Å². The first-order valence-corrected chi connectivity index (χ1v) is 6.98. The summed E-state index contributed by atoms with van der Waals surface area (Å²) in [5.74, 6) is 0.578. The molecule has 0 saturated heterocycles. The molecule has 0 spiro atoms. The molecule has 5 nitrogen and oxygen atoms in total. The predicted octanol–water partition coefficient (Wildman–Crippen LogP) is 2.90. The van der Waals surface area contributed by atoms with Crippen LogP contribution < -0.4 is 5.73 Å². The van der Waals surface area contributed by atoms with Crippen LogP contribution in [0.25, 0.3) is 22.2 Å². The van der Waals surface area contributed by atoms with E-state index in [0.29, 0.717) is 5.92 Å². The van der Waals surface area contributed by atoms with Crippen molar-refractivity contribution in [3.63, 3.8) is 0 Å². The highest BCUT2D eigenvalue weighted by Crippen LogP contribution is 2.40. The summed E-state index contributed by atoms with van der Waals surface area (Å²) in [6.45, 7) is 0. The SMILES string of the molecule is NC(=O)n1nc(-c2ccnc(C3CC3)c2)c2ccccc21. The van der Waals surface area contributed by atoms with Crippen LogP contribution in [0, 0.1) is 0 Å². The zero-order valence-electron chi connectivity index (χ0n) is 11.4. The van der Waals surface area contributed by atoms with E-state index < -0.39 is 6.03 Å². The van der Waals surface area contributed by atoms with Gasteiger partial charge in [0.15, 0.2) is 0 Å². The number of primary amides is 1. The fraction of sp³-hybridized carbons (Fsp3) is 0.188. The van der Waals surface area contributed by atoms with E-state index in [1.807, 2.05) is 30.3 Å². The number of nitrogens with zero attached hydrogens (tertiary/aromatic N) is 3. The third-order valence-corrected chi connectivity index (χ3v) is 3.85. The van der Waals surface area contributed by atoms with Gasteiger partial charge in [-0.05, 0) is 31.0 Å². The fourth-order valence-electron chi connectivity index (χ4n) is 2.65. The maximum Gasteiger partial charge on any atom is 0.340 e. The first-order chi connectivity index (χ1) is 10.2. The first kappa shape index (κ1) is 12.1. The van der Waals surface area contributed by atoms with Gasteiger partial charge in [-0.15, -0.1) is 0 Å². The number of aromatic nitrogens is 3. The Kier molecular flexibility index (Phi) is 2.54. The van der Waals surface area contributed by atoms with Crippen molar-refractivity contribution in [1.82, 2.24) is 14.8 Å². The number of fused-ring (bicyclic) bond motifs is 1. The molecule has 4 rings (SSSR count). The van der Waals surface area contributed by atoms with Crippen LogP contribution in [0.4, 0.5) is 4.79 Å². The third kappa shape index (κ3) is 1.98. The summed E-state index contributed by atoms with van der Waals surface area (Å²) in [7, 11) is 0. The Morgan fingerprint density at radius 1 is 1.24 bits per heavy atom. The van der Waals surface area contributed by atoms with Crippen LogP contribution in [0.3, 0.4) is 0 Å². The lowest BCUT2D eigenvalue weighted by Gasteiger charge is -2.01. The molecule has 0 aliphatic heterocycles. The minimum Gasteiger partial charge on any atom is -0.350 e. The number of nitrogens with two attached hydrogens (primary N) is 1. The van der Waals surface area contributed by atoms with E-state index in [4.69, 9.17) is 5.73 Å². The highest BCUT2D eigenvalue weighted by Gasteiger charge is 2.25. The van der Waals surface area contributed by atoms with Crippen molar-refractivity contribution in [1.29, 1.82) is 0 Å². The summed E-state index contributed by atoms with van der Waals surface area (Å²) in [5, 5.41) is 5.31. The fourth-order valence-corrected chi connectivity index (χ4v) is 2.65. The molecule has 1 fully saturated rings. The van der Waals surface area contributed by atoms with E-state index >= 15 is 0 Å². The number of pyridine rings is 1. The van der Waals surface area contributed by atoms with Crippen LogP contribution in [0.2, 0.25) is 0 Å². The molecule has 2 N–H and O–H groups in total. The van der Waals surface area contributed by atoms with Crippen molar-refractivity contribution < 1.29 is 4.79 Å². The van der Waals surface area contributed by atoms with Gasteiger partial charge in [-0.1, -0.05) is 18.2 Å². The Bertz CT molecular complexity index is 848. The van der Waals surface area contributed by atoms with Gasteiger partial charge in [-0.25, -0.2) is 4.79 Å². The monoisotopic (exact) mass is 278 g/mol. The molecule has 0 bridgehead atoms. The van der Waals surface area contributed by atoms with Crippen LogP contribution in [-0.2, 0) is 0 Å². The summed E-state index contributed by atoms with van der Waals surface area (Å²) >= 11 is 0. The predicted molar refractivity (Wildman–Crippen MR) is 79.9 cm³/mol. The van der Waals surface area contributed by atoms with Crippen molar-refractivity contribution >= 4 is 16.9 Å². The summed E-state index contributed by atoms with van der Waals surface area (Å²) in [5.41, 5.74) is 8.98. The number of hydrogen-bond acceptors (Lipinski definition) is 3. The van der Waals surface area contributed by atoms with Gasteiger partial charge in [-0.3, -0.25) is 4.98 Å². The lowest BCUT2D eigenvalue weighted by Crippen LogP contribution is -2.20. The van der Waals surface area contributed by atoms with Gasteiger partial charge in [0.25, 0.3) is 0 Å². The van der Waals surface area contributed by atoms with Crippen molar-refractivity contribution in [3.05, 3.63) is 48.3 Å². The Morgan fingerprint density at radius 3 is 2.81 bits per heavy atom. The summed E-state index contributed by atoms with van der Waals surface area (Å²) in [6.07, 6.45) is 4.21. The number of para-hydroxylation sites is 1. The molecule has 5 heteroatoms. The molecule has 1 aromatic carbocycles. The van der Waals surface area contributed by atoms with Gasteiger partial charge < -0.3 is 5.73 Å². The zero-order chi connectivity index (χ0) is 14.4. The summed E-state index contributed by atoms with van der Waals surface area (Å²) in [4.78, 5) is 16.0. The molecule has 0 unspecified atom stereocenters. The van der Waals surface area contributed by atoms with E-state index in [0.717, 1.165) is 27.9 Å². The van der Waals surface area contributed by atoms with E-state index in [2.05, 4.69) is 16.1 Å². The number of carbonyl (C=O) groups is 1. The van der Waals surface area contributed by atoms with Crippen LogP contribution in [0.1, 0.15) is 24.5 Å². The van der Waals surface area contributed by atoms with Crippen molar-refractivity contribution in [3.8, 4) is 11.3 Å². The Labute approximate surface area is 121 Å². The Morgan fingerprint density at radius 2 is 2.05 bits per heavy atom. The van der Waals surface area contributed by atoms with Gasteiger partial charge >= 0.3 is 6.03 Å². The number of carbonyl (C=O) groups excluding carboxylic acids is 1. The lowest BCUT2D eigenvalue weighted by atomic mass is 10.1. The van der Waals surface area contributed by atoms with E-state index in [1.54, 1.807) is 6.20 Å². The third-order valence-electron chi connectivity index (χ3n) is 3.85. The van der Waals surface area contributed by atoms with Gasteiger partial charge in [-0.2, -0.15) is 9.78 Å². The highest BCUT2D eigenvalue weighted by atomic mass is 16.2. The largest absolute Gasteiger partial charge is 0.350 e. The molecule has 104 valence electrons. The molecule has 2 heterocycles. The number of amides is 1. The standard InChI is InChI=1S/C16H14N4O/c17-16(21)20-14-4-2-1-3-12(14)15(19-20)11-7-8-18-13(9-11)10-5-6-10/h1-4,7-10H,5-6H2,(H2,17,21). The molecular weight excluding hydrogens is 264 g/mol. The Balaban J connectivity index is 1.93. The molecule has 3 aromatic rings. The maximum absolute atomic E-state index is 11.6. The molecular formula is C16H14N4O. The smallest absolute Gasteiger partial charge is 0.340 e. The number of hydrogen-bond donors (Lipinski definition) is 1. The molecule has 1 amide bonds. The zero-order valence-corrected chi connectivity index (χ0v) is 11.4. The number of benzene rings is 1. The van der Waals surface area contributed by atoms with Crippen molar-refractivity contribution in [2.75, 3.05) is 0 Å². The van der Waals surface area contributed by atoms with Gasteiger partial charge in [0.1, 0.15) is 5.69 Å². The molecule has 1 aliphatic rings. The van der Waals surface area contributed by atoms with Crippen molar-refractivity contribution in [2.24, 2.45) is 5.73 Å². The normalized spacial score (nSPS) is 14.5. The second kappa shape index (κ2) is 4.41. The van der Waals surface area contributed by atoms with Gasteiger partial charge in [0, 0.05) is 28.8 Å². The first-order valence-electron chi connectivity index (χ1n) is 6.98. The number of rotatable bonds is 2.